The van der Waals surface area contributed by atoms with E-state index in [0.29, 0.717) is 0 Å². The summed E-state index contributed by atoms with van der Waals surface area (Å²) in [6.07, 6.45) is 2.60. The Balaban J connectivity index is 2.87. The predicted molar refractivity (Wildman–Crippen MR) is 57.7 cm³/mol. The topological polar surface area (TPSA) is 43.8 Å². The third kappa shape index (κ3) is 2.61. The van der Waals surface area contributed by atoms with Gasteiger partial charge in [0.15, 0.2) is 0 Å². The minimum Gasteiger partial charge on any atom is -0.315 e. The van der Waals surface area contributed by atoms with Crippen LogP contribution in [0, 0.1) is 11.8 Å². The zero-order valence-corrected chi connectivity index (χ0v) is 9.04. The molecule has 0 saturated carbocycles. The molecule has 1 heterocycles. The molecule has 14 heavy (non-hydrogen) atoms. The lowest BCUT2D eigenvalue weighted by molar-refractivity contribution is 0.585. The van der Waals surface area contributed by atoms with E-state index in [0.717, 1.165) is 18.7 Å². The van der Waals surface area contributed by atoms with Crippen LogP contribution in [0.4, 0.5) is 0 Å². The second-order valence-corrected chi connectivity index (χ2v) is 3.55. The molecule has 0 spiro atoms. The normalized spacial score (nSPS) is 14.3. The first-order valence-electron chi connectivity index (χ1n) is 4.93. The quantitative estimate of drug-likeness (QED) is 0.718. The van der Waals surface area contributed by atoms with E-state index in [1.54, 1.807) is 6.20 Å². The lowest BCUT2D eigenvalue weighted by Gasteiger charge is -2.13. The van der Waals surface area contributed by atoms with E-state index in [1.165, 1.54) is 0 Å². The highest BCUT2D eigenvalue weighted by Gasteiger charge is 2.10. The molecule has 0 aliphatic carbocycles. The van der Waals surface area contributed by atoms with Gasteiger partial charge in [0.1, 0.15) is 5.69 Å². The number of aromatic nitrogens is 2. The van der Waals surface area contributed by atoms with Crippen LogP contribution >= 0.6 is 0 Å². The van der Waals surface area contributed by atoms with Gasteiger partial charge in [-0.15, -0.1) is 0 Å². The molecule has 0 bridgehead atoms. The SMILES string of the molecule is CCn1nccc1C#CC(C)(N)CC. The highest BCUT2D eigenvalue weighted by atomic mass is 15.3. The van der Waals surface area contributed by atoms with Crippen LogP contribution in [0.25, 0.3) is 0 Å². The molecule has 1 aromatic heterocycles. The second kappa shape index (κ2) is 4.30. The maximum atomic E-state index is 5.92. The molecule has 0 aromatic carbocycles. The first-order valence-corrected chi connectivity index (χ1v) is 4.93. The summed E-state index contributed by atoms with van der Waals surface area (Å²) in [5, 5.41) is 4.13. The molecule has 76 valence electrons. The minimum atomic E-state index is -0.400. The summed E-state index contributed by atoms with van der Waals surface area (Å²) >= 11 is 0. The van der Waals surface area contributed by atoms with Gasteiger partial charge in [0.05, 0.1) is 11.7 Å². The lowest BCUT2D eigenvalue weighted by Crippen LogP contribution is -2.33. The van der Waals surface area contributed by atoms with Gasteiger partial charge in [0.25, 0.3) is 0 Å². The standard InChI is InChI=1S/C11H17N3/c1-4-11(3,12)8-6-10-7-9-13-14(10)5-2/h7,9H,4-5,12H2,1-3H3. The fourth-order valence-corrected chi connectivity index (χ4v) is 0.986. The third-order valence-electron chi connectivity index (χ3n) is 2.23. The Kier molecular flexibility index (Phi) is 3.32. The maximum Gasteiger partial charge on any atom is 0.111 e. The van der Waals surface area contributed by atoms with Crippen molar-refractivity contribution in [3.63, 3.8) is 0 Å². The van der Waals surface area contributed by atoms with Crippen LogP contribution in [-0.2, 0) is 6.54 Å². The van der Waals surface area contributed by atoms with E-state index in [4.69, 9.17) is 5.73 Å². The smallest absolute Gasteiger partial charge is 0.111 e. The van der Waals surface area contributed by atoms with Crippen molar-refractivity contribution < 1.29 is 0 Å². The molecule has 1 unspecified atom stereocenters. The summed E-state index contributed by atoms with van der Waals surface area (Å²) in [6.45, 7) is 6.85. The van der Waals surface area contributed by atoms with Crippen molar-refractivity contribution in [1.29, 1.82) is 0 Å². The molecule has 0 fully saturated rings. The molecule has 1 aromatic rings. The Bertz CT molecular complexity index is 352. The fourth-order valence-electron chi connectivity index (χ4n) is 0.986. The Morgan fingerprint density at radius 1 is 1.57 bits per heavy atom. The number of aryl methyl sites for hydroxylation is 1. The molecule has 2 N–H and O–H groups in total. The summed E-state index contributed by atoms with van der Waals surface area (Å²) in [5.41, 5.74) is 6.45. The number of hydrogen-bond acceptors (Lipinski definition) is 2. The van der Waals surface area contributed by atoms with E-state index >= 15 is 0 Å². The molecular formula is C11H17N3. The summed E-state index contributed by atoms with van der Waals surface area (Å²) in [6, 6.07) is 1.90. The number of nitrogens with zero attached hydrogens (tertiary/aromatic N) is 2. The molecule has 0 radical (unpaired) electrons. The second-order valence-electron chi connectivity index (χ2n) is 3.55. The van der Waals surface area contributed by atoms with Crippen LogP contribution in [0.1, 0.15) is 32.9 Å². The predicted octanol–water partition coefficient (Wildman–Crippen LogP) is 1.38. The average Bonchev–Trinajstić information content (AvgIpc) is 2.62. The van der Waals surface area contributed by atoms with E-state index in [9.17, 15) is 0 Å². The van der Waals surface area contributed by atoms with Gasteiger partial charge in [0, 0.05) is 6.54 Å². The number of nitrogens with two attached hydrogens (primary N) is 1. The van der Waals surface area contributed by atoms with Crippen molar-refractivity contribution in [2.24, 2.45) is 5.73 Å². The molecular weight excluding hydrogens is 174 g/mol. The average molecular weight is 191 g/mol. The van der Waals surface area contributed by atoms with Crippen molar-refractivity contribution in [1.82, 2.24) is 9.78 Å². The molecule has 0 saturated heterocycles. The van der Waals surface area contributed by atoms with Crippen LogP contribution in [0.3, 0.4) is 0 Å². The summed E-state index contributed by atoms with van der Waals surface area (Å²) < 4.78 is 1.86. The van der Waals surface area contributed by atoms with Gasteiger partial charge in [-0.25, -0.2) is 0 Å². The monoisotopic (exact) mass is 191 g/mol. The van der Waals surface area contributed by atoms with Crippen molar-refractivity contribution in [3.8, 4) is 11.8 Å². The summed E-state index contributed by atoms with van der Waals surface area (Å²) in [7, 11) is 0. The Hall–Kier alpha value is -1.27. The van der Waals surface area contributed by atoms with E-state index in [1.807, 2.05) is 31.5 Å². The van der Waals surface area contributed by atoms with Crippen molar-refractivity contribution in [3.05, 3.63) is 18.0 Å². The fraction of sp³-hybridized carbons (Fsp3) is 0.545. The molecule has 0 aliphatic rings. The largest absolute Gasteiger partial charge is 0.315 e. The first-order chi connectivity index (χ1) is 6.59. The lowest BCUT2D eigenvalue weighted by atomic mass is 10.0. The number of hydrogen-bond donors (Lipinski definition) is 1. The van der Waals surface area contributed by atoms with E-state index in [-0.39, 0.29) is 0 Å². The highest BCUT2D eigenvalue weighted by molar-refractivity contribution is 5.30. The summed E-state index contributed by atoms with van der Waals surface area (Å²) in [4.78, 5) is 0. The van der Waals surface area contributed by atoms with Crippen molar-refractivity contribution in [2.75, 3.05) is 0 Å². The van der Waals surface area contributed by atoms with E-state index in [2.05, 4.69) is 16.9 Å². The summed E-state index contributed by atoms with van der Waals surface area (Å²) in [5.74, 6) is 6.11. The van der Waals surface area contributed by atoms with Crippen LogP contribution in [-0.4, -0.2) is 15.3 Å². The number of rotatable bonds is 2. The van der Waals surface area contributed by atoms with Gasteiger partial charge in [0.2, 0.25) is 0 Å². The van der Waals surface area contributed by atoms with Crippen LogP contribution in [0.15, 0.2) is 12.3 Å². The zero-order chi connectivity index (χ0) is 10.6. The molecule has 0 amide bonds. The first kappa shape index (κ1) is 10.8. The molecule has 3 nitrogen and oxygen atoms in total. The molecule has 1 atom stereocenters. The van der Waals surface area contributed by atoms with E-state index < -0.39 is 5.54 Å². The van der Waals surface area contributed by atoms with Gasteiger partial charge < -0.3 is 5.73 Å². The molecule has 3 heteroatoms. The van der Waals surface area contributed by atoms with Crippen molar-refractivity contribution in [2.45, 2.75) is 39.3 Å². The minimum absolute atomic E-state index is 0.400. The van der Waals surface area contributed by atoms with Gasteiger partial charge in [-0.1, -0.05) is 12.8 Å². The zero-order valence-electron chi connectivity index (χ0n) is 9.04. The highest BCUT2D eigenvalue weighted by Crippen LogP contribution is 2.03. The van der Waals surface area contributed by atoms with Crippen LogP contribution < -0.4 is 5.73 Å². The van der Waals surface area contributed by atoms with Crippen molar-refractivity contribution >= 4 is 0 Å². The van der Waals surface area contributed by atoms with Crippen LogP contribution in [0.2, 0.25) is 0 Å². The van der Waals surface area contributed by atoms with Gasteiger partial charge in [-0.2, -0.15) is 5.10 Å². The van der Waals surface area contributed by atoms with Gasteiger partial charge >= 0.3 is 0 Å². The molecule has 0 aliphatic heterocycles. The Labute approximate surface area is 85.3 Å². The third-order valence-corrected chi connectivity index (χ3v) is 2.23. The van der Waals surface area contributed by atoms with Crippen LogP contribution in [0.5, 0.6) is 0 Å². The van der Waals surface area contributed by atoms with Gasteiger partial charge in [-0.3, -0.25) is 4.68 Å². The Morgan fingerprint density at radius 3 is 2.86 bits per heavy atom. The maximum absolute atomic E-state index is 5.92. The molecule has 1 rings (SSSR count). The Morgan fingerprint density at radius 2 is 2.29 bits per heavy atom. The van der Waals surface area contributed by atoms with Gasteiger partial charge in [-0.05, 0) is 32.3 Å².